The fourth-order valence-corrected chi connectivity index (χ4v) is 6.15. The number of carboxylic acid groups (broad SMARTS) is 1. The second kappa shape index (κ2) is 11.9. The van der Waals surface area contributed by atoms with Crippen LogP contribution in [0.1, 0.15) is 60.0 Å². The van der Waals surface area contributed by atoms with E-state index < -0.39 is 21.9 Å². The highest BCUT2D eigenvalue weighted by Gasteiger charge is 2.28. The number of carbonyl (C=O) groups excluding carboxylic acids is 1. The lowest BCUT2D eigenvalue weighted by Crippen LogP contribution is -2.20. The molecule has 0 aliphatic carbocycles. The molecule has 3 N–H and O–H groups in total. The van der Waals surface area contributed by atoms with Crippen LogP contribution in [0.25, 0.3) is 21.9 Å². The summed E-state index contributed by atoms with van der Waals surface area (Å²) in [5.74, 6) is -2.84. The van der Waals surface area contributed by atoms with E-state index in [1.807, 2.05) is 6.20 Å². The number of Topliss-reactive ketones (excluding diaryl/α,β-unsaturated/α-hetero) is 1. The number of benzene rings is 3. The summed E-state index contributed by atoms with van der Waals surface area (Å²) in [7, 11) is -3.96. The Labute approximate surface area is 238 Å². The van der Waals surface area contributed by atoms with E-state index in [0.29, 0.717) is 5.56 Å². The standard InChI is InChI=1S/C32H31N3O5S/c1-2-3-5-10-21-17-26-25-18-22(15-16-28(25)34-31(26)33-20-21)30(36)19-27(32(37)38)24-13-8-9-14-29(24)35-41(39,40)23-11-6-4-7-12-23/h4,6-9,11-18,20,27,35H,2-3,5,10,19H2,1H3,(H,33,34)(H,37,38). The Morgan fingerprint density at radius 3 is 2.46 bits per heavy atom. The number of H-pyrrole nitrogens is 1. The van der Waals surface area contributed by atoms with Crippen molar-refractivity contribution in [2.75, 3.05) is 4.72 Å². The molecule has 0 spiro atoms. The molecule has 1 atom stereocenters. The predicted molar refractivity (Wildman–Crippen MR) is 160 cm³/mol. The average Bonchev–Trinajstić information content (AvgIpc) is 3.34. The molecule has 0 bridgehead atoms. The fourth-order valence-electron chi connectivity index (χ4n) is 5.04. The molecular weight excluding hydrogens is 538 g/mol. The molecule has 0 fully saturated rings. The predicted octanol–water partition coefficient (Wildman–Crippen LogP) is 6.69. The van der Waals surface area contributed by atoms with Gasteiger partial charge in [-0.05, 0) is 66.4 Å². The van der Waals surface area contributed by atoms with Crippen LogP contribution in [-0.4, -0.2) is 35.2 Å². The van der Waals surface area contributed by atoms with Crippen LogP contribution in [0.15, 0.2) is 90.0 Å². The number of ketones is 1. The van der Waals surface area contributed by atoms with Crippen molar-refractivity contribution < 1.29 is 23.1 Å². The van der Waals surface area contributed by atoms with Gasteiger partial charge in [0.05, 0.1) is 16.5 Å². The van der Waals surface area contributed by atoms with E-state index >= 15 is 0 Å². The smallest absolute Gasteiger partial charge is 0.311 e. The number of carbonyl (C=O) groups is 2. The molecule has 210 valence electrons. The van der Waals surface area contributed by atoms with Crippen molar-refractivity contribution in [2.45, 2.75) is 49.8 Å². The summed E-state index contributed by atoms with van der Waals surface area (Å²) in [6.45, 7) is 2.16. The number of anilines is 1. The number of aromatic amines is 1. The van der Waals surface area contributed by atoms with Gasteiger partial charge < -0.3 is 10.1 Å². The highest BCUT2D eigenvalue weighted by atomic mass is 32.2. The van der Waals surface area contributed by atoms with Gasteiger partial charge in [0.15, 0.2) is 5.78 Å². The molecule has 0 aliphatic heterocycles. The second-order valence-corrected chi connectivity index (χ2v) is 11.8. The lowest BCUT2D eigenvalue weighted by atomic mass is 9.90. The third kappa shape index (κ3) is 6.15. The first-order valence-electron chi connectivity index (χ1n) is 13.6. The van der Waals surface area contributed by atoms with Gasteiger partial charge in [0.2, 0.25) is 0 Å². The Hall–Kier alpha value is -4.50. The van der Waals surface area contributed by atoms with Crippen LogP contribution in [0.4, 0.5) is 5.69 Å². The maximum absolute atomic E-state index is 13.5. The van der Waals surface area contributed by atoms with E-state index in [1.165, 1.54) is 24.3 Å². The summed E-state index contributed by atoms with van der Waals surface area (Å²) < 4.78 is 28.4. The molecule has 2 aromatic heterocycles. The van der Waals surface area contributed by atoms with Gasteiger partial charge in [-0.2, -0.15) is 0 Å². The zero-order valence-corrected chi connectivity index (χ0v) is 23.4. The monoisotopic (exact) mass is 569 g/mol. The van der Waals surface area contributed by atoms with Gasteiger partial charge in [0.25, 0.3) is 10.0 Å². The Balaban J connectivity index is 1.43. The number of aromatic nitrogens is 2. The number of sulfonamides is 1. The minimum Gasteiger partial charge on any atom is -0.481 e. The van der Waals surface area contributed by atoms with Crippen LogP contribution in [0.2, 0.25) is 0 Å². The first-order valence-corrected chi connectivity index (χ1v) is 15.1. The molecule has 0 radical (unpaired) electrons. The summed E-state index contributed by atoms with van der Waals surface area (Å²) >= 11 is 0. The maximum atomic E-state index is 13.5. The van der Waals surface area contributed by atoms with Crippen molar-refractivity contribution in [3.8, 4) is 0 Å². The Morgan fingerprint density at radius 2 is 1.71 bits per heavy atom. The molecule has 1 unspecified atom stereocenters. The van der Waals surface area contributed by atoms with Gasteiger partial charge in [-0.25, -0.2) is 13.4 Å². The van der Waals surface area contributed by atoms with Gasteiger partial charge >= 0.3 is 5.97 Å². The molecule has 5 aromatic rings. The molecule has 5 rings (SSSR count). The number of pyridine rings is 1. The third-order valence-electron chi connectivity index (χ3n) is 7.22. The van der Waals surface area contributed by atoms with Crippen molar-refractivity contribution in [1.82, 2.24) is 9.97 Å². The highest BCUT2D eigenvalue weighted by molar-refractivity contribution is 7.92. The molecule has 0 amide bonds. The van der Waals surface area contributed by atoms with E-state index in [-0.39, 0.29) is 28.4 Å². The summed E-state index contributed by atoms with van der Waals surface area (Å²) in [5, 5.41) is 11.9. The molecule has 0 saturated heterocycles. The molecule has 9 heteroatoms. The van der Waals surface area contributed by atoms with Gasteiger partial charge in [-0.15, -0.1) is 0 Å². The Kier molecular flexibility index (Phi) is 8.16. The number of para-hydroxylation sites is 1. The number of nitrogens with one attached hydrogen (secondary N) is 2. The Bertz CT molecular complexity index is 1830. The van der Waals surface area contributed by atoms with Gasteiger partial charge in [0.1, 0.15) is 5.65 Å². The van der Waals surface area contributed by atoms with Crippen molar-refractivity contribution in [3.63, 3.8) is 0 Å². The largest absolute Gasteiger partial charge is 0.481 e. The average molecular weight is 570 g/mol. The SMILES string of the molecule is CCCCCc1cnc2[nH]c3ccc(C(=O)CC(C(=O)O)c4ccccc4NS(=O)(=O)c4ccccc4)cc3c2c1. The molecular formula is C32H31N3O5S. The van der Waals surface area contributed by atoms with Crippen LogP contribution in [0, 0.1) is 0 Å². The lowest BCUT2D eigenvalue weighted by molar-refractivity contribution is -0.138. The quantitative estimate of drug-likeness (QED) is 0.113. The zero-order chi connectivity index (χ0) is 29.0. The number of aryl methyl sites for hydroxylation is 1. The molecule has 0 saturated carbocycles. The molecule has 3 aromatic carbocycles. The van der Waals surface area contributed by atoms with Crippen molar-refractivity contribution in [3.05, 3.63) is 102 Å². The molecule has 8 nitrogen and oxygen atoms in total. The summed E-state index contributed by atoms with van der Waals surface area (Å²) in [4.78, 5) is 33.8. The molecule has 0 aliphatic rings. The number of unbranched alkanes of at least 4 members (excludes halogenated alkanes) is 2. The van der Waals surface area contributed by atoms with Gasteiger partial charge in [-0.3, -0.25) is 14.3 Å². The van der Waals surface area contributed by atoms with Crippen molar-refractivity contribution in [1.29, 1.82) is 0 Å². The van der Waals surface area contributed by atoms with E-state index in [4.69, 9.17) is 0 Å². The number of hydrogen-bond acceptors (Lipinski definition) is 5. The topological polar surface area (TPSA) is 129 Å². The number of nitrogens with zero attached hydrogens (tertiary/aromatic N) is 1. The number of fused-ring (bicyclic) bond motifs is 3. The van der Waals surface area contributed by atoms with Crippen LogP contribution < -0.4 is 4.72 Å². The first-order chi connectivity index (χ1) is 19.8. The minimum absolute atomic E-state index is 0.0489. The highest BCUT2D eigenvalue weighted by Crippen LogP contribution is 2.32. The zero-order valence-electron chi connectivity index (χ0n) is 22.6. The van der Waals surface area contributed by atoms with Crippen LogP contribution in [-0.2, 0) is 21.2 Å². The van der Waals surface area contributed by atoms with Gasteiger partial charge in [-0.1, -0.05) is 56.2 Å². The maximum Gasteiger partial charge on any atom is 0.311 e. The molecule has 41 heavy (non-hydrogen) atoms. The number of aliphatic carboxylic acids is 1. The normalized spacial score (nSPS) is 12.4. The number of hydrogen-bond donors (Lipinski definition) is 3. The fraction of sp³-hybridized carbons (Fsp3) is 0.219. The van der Waals surface area contributed by atoms with Gasteiger partial charge in [0, 0.05) is 34.5 Å². The van der Waals surface area contributed by atoms with E-state index in [1.54, 1.807) is 48.5 Å². The van der Waals surface area contributed by atoms with E-state index in [0.717, 1.165) is 53.2 Å². The van der Waals surface area contributed by atoms with Crippen molar-refractivity contribution >= 4 is 49.4 Å². The molecule has 2 heterocycles. The third-order valence-corrected chi connectivity index (χ3v) is 8.60. The summed E-state index contributed by atoms with van der Waals surface area (Å²) in [6.07, 6.45) is 5.82. The van der Waals surface area contributed by atoms with Crippen molar-refractivity contribution in [2.24, 2.45) is 0 Å². The van der Waals surface area contributed by atoms with Crippen LogP contribution in [0.3, 0.4) is 0 Å². The first kappa shape index (κ1) is 28.0. The van der Waals surface area contributed by atoms with E-state index in [9.17, 15) is 23.1 Å². The number of rotatable bonds is 12. The Morgan fingerprint density at radius 1 is 0.951 bits per heavy atom. The number of carboxylic acids is 1. The minimum atomic E-state index is -3.96. The summed E-state index contributed by atoms with van der Waals surface area (Å²) in [5.41, 5.74) is 3.40. The second-order valence-electron chi connectivity index (χ2n) is 10.1. The van der Waals surface area contributed by atoms with E-state index in [2.05, 4.69) is 27.7 Å². The van der Waals surface area contributed by atoms with Crippen LogP contribution >= 0.6 is 0 Å². The summed E-state index contributed by atoms with van der Waals surface area (Å²) in [6, 6.07) is 21.4. The lowest BCUT2D eigenvalue weighted by Gasteiger charge is -2.18. The van der Waals surface area contributed by atoms with Crippen LogP contribution in [0.5, 0.6) is 0 Å².